The second kappa shape index (κ2) is 6.78. The Labute approximate surface area is 145 Å². The Morgan fingerprint density at radius 3 is 2.64 bits per heavy atom. The SMILES string of the molecule is CC(C)CN(CC(=O)O)C(=O)c1cc(C2CC2)nc2ccc(F)cc12. The summed E-state index contributed by atoms with van der Waals surface area (Å²) in [7, 11) is 0. The van der Waals surface area contributed by atoms with Crippen LogP contribution in [0.25, 0.3) is 10.9 Å². The Morgan fingerprint density at radius 1 is 1.32 bits per heavy atom. The first-order valence-electron chi connectivity index (χ1n) is 8.46. The lowest BCUT2D eigenvalue weighted by Gasteiger charge is -2.23. The van der Waals surface area contributed by atoms with Gasteiger partial charge in [-0.15, -0.1) is 0 Å². The average molecular weight is 344 g/mol. The van der Waals surface area contributed by atoms with Gasteiger partial charge in [-0.2, -0.15) is 0 Å². The van der Waals surface area contributed by atoms with E-state index in [1.54, 1.807) is 12.1 Å². The molecule has 0 bridgehead atoms. The molecule has 5 nitrogen and oxygen atoms in total. The predicted octanol–water partition coefficient (Wildman–Crippen LogP) is 3.43. The van der Waals surface area contributed by atoms with Crippen molar-refractivity contribution in [3.05, 3.63) is 41.3 Å². The Bertz CT molecular complexity index is 831. The molecule has 1 aliphatic carbocycles. The van der Waals surface area contributed by atoms with Gasteiger partial charge in [0, 0.05) is 23.5 Å². The Morgan fingerprint density at radius 2 is 2.04 bits per heavy atom. The van der Waals surface area contributed by atoms with Crippen LogP contribution in [0.1, 0.15) is 48.7 Å². The lowest BCUT2D eigenvalue weighted by Crippen LogP contribution is -2.38. The zero-order chi connectivity index (χ0) is 18.1. The van der Waals surface area contributed by atoms with E-state index in [-0.39, 0.29) is 12.5 Å². The van der Waals surface area contributed by atoms with Crippen molar-refractivity contribution < 1.29 is 19.1 Å². The minimum Gasteiger partial charge on any atom is -0.480 e. The molecule has 1 aromatic heterocycles. The number of halogens is 1. The number of hydrogen-bond acceptors (Lipinski definition) is 3. The van der Waals surface area contributed by atoms with Gasteiger partial charge in [-0.3, -0.25) is 14.6 Å². The predicted molar refractivity (Wildman–Crippen MR) is 92.1 cm³/mol. The zero-order valence-electron chi connectivity index (χ0n) is 14.3. The highest BCUT2D eigenvalue weighted by molar-refractivity contribution is 6.07. The van der Waals surface area contributed by atoms with Gasteiger partial charge in [0.15, 0.2) is 0 Å². The molecule has 0 radical (unpaired) electrons. The van der Waals surface area contributed by atoms with E-state index in [0.29, 0.717) is 28.9 Å². The minimum absolute atomic E-state index is 0.121. The minimum atomic E-state index is -1.07. The van der Waals surface area contributed by atoms with E-state index in [2.05, 4.69) is 4.98 Å². The molecule has 0 unspecified atom stereocenters. The first kappa shape index (κ1) is 17.3. The molecule has 1 saturated carbocycles. The first-order chi connectivity index (χ1) is 11.8. The molecule has 0 spiro atoms. The van der Waals surface area contributed by atoms with Gasteiger partial charge in [0.2, 0.25) is 0 Å². The number of hydrogen-bond donors (Lipinski definition) is 1. The van der Waals surface area contributed by atoms with E-state index >= 15 is 0 Å². The Kier molecular flexibility index (Phi) is 4.70. The number of carbonyl (C=O) groups excluding carboxylic acids is 1. The van der Waals surface area contributed by atoms with Gasteiger partial charge in [-0.1, -0.05) is 13.8 Å². The van der Waals surface area contributed by atoms with Crippen LogP contribution in [0.3, 0.4) is 0 Å². The molecule has 0 aliphatic heterocycles. The molecular weight excluding hydrogens is 323 g/mol. The van der Waals surface area contributed by atoms with Crippen LogP contribution in [0.4, 0.5) is 4.39 Å². The molecule has 2 aromatic rings. The topological polar surface area (TPSA) is 70.5 Å². The van der Waals surface area contributed by atoms with Crippen molar-refractivity contribution in [1.29, 1.82) is 0 Å². The van der Waals surface area contributed by atoms with Crippen LogP contribution in [-0.4, -0.2) is 40.0 Å². The van der Waals surface area contributed by atoms with Crippen molar-refractivity contribution in [3.63, 3.8) is 0 Å². The Balaban J connectivity index is 2.08. The zero-order valence-corrected chi connectivity index (χ0v) is 14.3. The third-order valence-electron chi connectivity index (χ3n) is 4.22. The number of benzene rings is 1. The molecule has 1 aromatic carbocycles. The number of amides is 1. The molecule has 6 heteroatoms. The van der Waals surface area contributed by atoms with Crippen LogP contribution in [0.2, 0.25) is 0 Å². The monoisotopic (exact) mass is 344 g/mol. The average Bonchev–Trinajstić information content (AvgIpc) is 3.36. The van der Waals surface area contributed by atoms with Crippen molar-refractivity contribution in [2.24, 2.45) is 5.92 Å². The van der Waals surface area contributed by atoms with Crippen molar-refractivity contribution in [3.8, 4) is 0 Å². The summed E-state index contributed by atoms with van der Waals surface area (Å²) in [6.07, 6.45) is 2.05. The van der Waals surface area contributed by atoms with Gasteiger partial charge < -0.3 is 10.0 Å². The van der Waals surface area contributed by atoms with E-state index in [0.717, 1.165) is 18.5 Å². The van der Waals surface area contributed by atoms with E-state index in [4.69, 9.17) is 5.11 Å². The molecule has 132 valence electrons. The number of aromatic nitrogens is 1. The molecular formula is C19H21FN2O3. The third kappa shape index (κ3) is 3.95. The van der Waals surface area contributed by atoms with Crippen LogP contribution in [0.5, 0.6) is 0 Å². The largest absolute Gasteiger partial charge is 0.480 e. The highest BCUT2D eigenvalue weighted by Crippen LogP contribution is 2.40. The number of pyridine rings is 1. The number of carboxylic acid groups (broad SMARTS) is 1. The quantitative estimate of drug-likeness (QED) is 0.871. The van der Waals surface area contributed by atoms with E-state index in [1.807, 2.05) is 13.8 Å². The smallest absolute Gasteiger partial charge is 0.323 e. The van der Waals surface area contributed by atoms with Crippen molar-refractivity contribution in [2.45, 2.75) is 32.6 Å². The number of carbonyl (C=O) groups is 2. The number of carboxylic acids is 1. The molecule has 25 heavy (non-hydrogen) atoms. The lowest BCUT2D eigenvalue weighted by atomic mass is 10.0. The maximum Gasteiger partial charge on any atom is 0.323 e. The van der Waals surface area contributed by atoms with Gasteiger partial charge in [-0.25, -0.2) is 4.39 Å². The highest BCUT2D eigenvalue weighted by atomic mass is 19.1. The number of fused-ring (bicyclic) bond motifs is 1. The number of nitrogens with zero attached hydrogens (tertiary/aromatic N) is 2. The van der Waals surface area contributed by atoms with E-state index in [1.165, 1.54) is 17.0 Å². The Hall–Kier alpha value is -2.50. The normalized spacial score (nSPS) is 14.1. The van der Waals surface area contributed by atoms with E-state index in [9.17, 15) is 14.0 Å². The summed E-state index contributed by atoms with van der Waals surface area (Å²) >= 11 is 0. The van der Waals surface area contributed by atoms with Crippen molar-refractivity contribution in [1.82, 2.24) is 9.88 Å². The summed E-state index contributed by atoms with van der Waals surface area (Å²) in [5, 5.41) is 9.56. The van der Waals surface area contributed by atoms with Crippen LogP contribution in [0.15, 0.2) is 24.3 Å². The van der Waals surface area contributed by atoms with Gasteiger partial charge in [0.05, 0.1) is 11.1 Å². The standard InChI is InChI=1S/C19H21FN2O3/c1-11(2)9-22(10-18(23)24)19(25)15-8-17(12-3-4-12)21-16-6-5-13(20)7-14(15)16/h5-8,11-12H,3-4,9-10H2,1-2H3,(H,23,24). The fraction of sp³-hybridized carbons (Fsp3) is 0.421. The maximum absolute atomic E-state index is 13.7. The van der Waals surface area contributed by atoms with E-state index < -0.39 is 17.7 Å². The molecule has 1 N–H and O–H groups in total. The molecule has 1 aliphatic rings. The van der Waals surface area contributed by atoms with Crippen molar-refractivity contribution >= 4 is 22.8 Å². The molecule has 1 heterocycles. The van der Waals surface area contributed by atoms with Crippen LogP contribution < -0.4 is 0 Å². The second-order valence-electron chi connectivity index (χ2n) is 7.00. The van der Waals surface area contributed by atoms with Crippen molar-refractivity contribution in [2.75, 3.05) is 13.1 Å². The van der Waals surface area contributed by atoms with Gasteiger partial charge in [0.25, 0.3) is 5.91 Å². The molecule has 1 amide bonds. The highest BCUT2D eigenvalue weighted by Gasteiger charge is 2.28. The number of aliphatic carboxylic acids is 1. The fourth-order valence-electron chi connectivity index (χ4n) is 2.98. The van der Waals surface area contributed by atoms with Gasteiger partial charge >= 0.3 is 5.97 Å². The second-order valence-corrected chi connectivity index (χ2v) is 7.00. The summed E-state index contributed by atoms with van der Waals surface area (Å²) in [6, 6.07) is 5.89. The lowest BCUT2D eigenvalue weighted by molar-refractivity contribution is -0.137. The van der Waals surface area contributed by atoms with Crippen LogP contribution in [-0.2, 0) is 4.79 Å². The van der Waals surface area contributed by atoms with Gasteiger partial charge in [0.1, 0.15) is 12.4 Å². The molecule has 1 fully saturated rings. The summed E-state index contributed by atoms with van der Waals surface area (Å²) in [5.74, 6) is -1.46. The van der Waals surface area contributed by atoms with Crippen LogP contribution in [0, 0.1) is 11.7 Å². The first-order valence-corrected chi connectivity index (χ1v) is 8.46. The van der Waals surface area contributed by atoms with Crippen LogP contribution >= 0.6 is 0 Å². The molecule has 3 rings (SSSR count). The fourth-order valence-corrected chi connectivity index (χ4v) is 2.98. The summed E-state index contributed by atoms with van der Waals surface area (Å²) in [5.41, 5.74) is 1.71. The number of rotatable bonds is 6. The summed E-state index contributed by atoms with van der Waals surface area (Å²) < 4.78 is 13.7. The van der Waals surface area contributed by atoms with Gasteiger partial charge in [-0.05, 0) is 43.0 Å². The third-order valence-corrected chi connectivity index (χ3v) is 4.22. The maximum atomic E-state index is 13.7. The molecule has 0 atom stereocenters. The summed E-state index contributed by atoms with van der Waals surface area (Å²) in [6.45, 7) is 3.78. The summed E-state index contributed by atoms with van der Waals surface area (Å²) in [4.78, 5) is 30.1. The molecule has 0 saturated heterocycles.